The number of alkyl halides is 3. The molecule has 0 saturated heterocycles. The highest BCUT2D eigenvalue weighted by Crippen LogP contribution is 2.31. The van der Waals surface area contributed by atoms with Gasteiger partial charge in [0.2, 0.25) is 5.91 Å². The molecule has 2 rings (SSSR count). The SMILES string of the molecule is C[C@@H](C(=O)N(CC(F)(F)F)C1CC1)n1cncn1. The van der Waals surface area contributed by atoms with E-state index in [2.05, 4.69) is 10.1 Å². The fourth-order valence-corrected chi connectivity index (χ4v) is 1.74. The molecule has 0 bridgehead atoms. The first-order valence-corrected chi connectivity index (χ1v) is 5.60. The second-order valence-corrected chi connectivity index (χ2v) is 4.36. The quantitative estimate of drug-likeness (QED) is 0.824. The van der Waals surface area contributed by atoms with Gasteiger partial charge in [0.05, 0.1) is 0 Å². The Balaban J connectivity index is 2.08. The summed E-state index contributed by atoms with van der Waals surface area (Å²) in [4.78, 5) is 16.6. The molecule has 0 radical (unpaired) electrons. The van der Waals surface area contributed by atoms with Crippen molar-refractivity contribution in [1.29, 1.82) is 0 Å². The van der Waals surface area contributed by atoms with Gasteiger partial charge in [-0.15, -0.1) is 0 Å². The molecule has 0 N–H and O–H groups in total. The van der Waals surface area contributed by atoms with E-state index in [9.17, 15) is 18.0 Å². The van der Waals surface area contributed by atoms with Gasteiger partial charge in [-0.3, -0.25) is 4.79 Å². The largest absolute Gasteiger partial charge is 0.406 e. The van der Waals surface area contributed by atoms with Crippen LogP contribution < -0.4 is 0 Å². The normalized spacial score (nSPS) is 17.6. The van der Waals surface area contributed by atoms with Crippen LogP contribution in [0.3, 0.4) is 0 Å². The van der Waals surface area contributed by atoms with Crippen molar-refractivity contribution in [3.63, 3.8) is 0 Å². The maximum atomic E-state index is 12.4. The topological polar surface area (TPSA) is 51.0 Å². The second-order valence-electron chi connectivity index (χ2n) is 4.36. The number of aromatic nitrogens is 3. The van der Waals surface area contributed by atoms with E-state index in [1.807, 2.05) is 0 Å². The summed E-state index contributed by atoms with van der Waals surface area (Å²) >= 11 is 0. The summed E-state index contributed by atoms with van der Waals surface area (Å²) in [6.45, 7) is 0.318. The Kier molecular flexibility index (Phi) is 3.27. The van der Waals surface area contributed by atoms with Crippen molar-refractivity contribution in [1.82, 2.24) is 19.7 Å². The molecule has 1 aromatic rings. The molecule has 1 amide bonds. The van der Waals surface area contributed by atoms with Crippen LogP contribution in [0.1, 0.15) is 25.8 Å². The minimum absolute atomic E-state index is 0.287. The molecule has 8 heteroatoms. The highest BCUT2D eigenvalue weighted by molar-refractivity contribution is 5.80. The van der Waals surface area contributed by atoms with Crippen molar-refractivity contribution in [2.45, 2.75) is 38.0 Å². The molecule has 0 unspecified atom stereocenters. The van der Waals surface area contributed by atoms with E-state index in [1.54, 1.807) is 0 Å². The number of hydrogen-bond acceptors (Lipinski definition) is 3. The molecular formula is C10H13F3N4O. The van der Waals surface area contributed by atoms with Gasteiger partial charge in [0, 0.05) is 6.04 Å². The number of carbonyl (C=O) groups excluding carboxylic acids is 1. The van der Waals surface area contributed by atoms with Gasteiger partial charge in [-0.05, 0) is 19.8 Å². The van der Waals surface area contributed by atoms with Crippen LogP contribution in [0.2, 0.25) is 0 Å². The van der Waals surface area contributed by atoms with Gasteiger partial charge in [-0.2, -0.15) is 18.3 Å². The average molecular weight is 262 g/mol. The van der Waals surface area contributed by atoms with Crippen LogP contribution in [0, 0.1) is 0 Å². The third-order valence-electron chi connectivity index (χ3n) is 2.81. The van der Waals surface area contributed by atoms with Crippen LogP contribution in [0.15, 0.2) is 12.7 Å². The van der Waals surface area contributed by atoms with Crippen molar-refractivity contribution in [3.8, 4) is 0 Å². The van der Waals surface area contributed by atoms with Crippen molar-refractivity contribution >= 4 is 5.91 Å². The van der Waals surface area contributed by atoms with Crippen LogP contribution in [0.5, 0.6) is 0 Å². The maximum Gasteiger partial charge on any atom is 0.406 e. The molecular weight excluding hydrogens is 249 g/mol. The van der Waals surface area contributed by atoms with Gasteiger partial charge >= 0.3 is 6.18 Å². The van der Waals surface area contributed by atoms with Crippen LogP contribution in [-0.4, -0.2) is 44.3 Å². The number of amides is 1. The van der Waals surface area contributed by atoms with Crippen LogP contribution in [-0.2, 0) is 4.79 Å². The predicted molar refractivity (Wildman–Crippen MR) is 55.5 cm³/mol. The third kappa shape index (κ3) is 2.99. The Morgan fingerprint density at radius 2 is 2.22 bits per heavy atom. The minimum atomic E-state index is -4.37. The van der Waals surface area contributed by atoms with Gasteiger partial charge in [0.15, 0.2) is 0 Å². The zero-order chi connectivity index (χ0) is 13.3. The average Bonchev–Trinajstić information content (AvgIpc) is 2.97. The summed E-state index contributed by atoms with van der Waals surface area (Å²) in [6.07, 6.45) is -0.547. The smallest absolute Gasteiger partial charge is 0.329 e. The van der Waals surface area contributed by atoms with Gasteiger partial charge in [0.1, 0.15) is 25.2 Å². The van der Waals surface area contributed by atoms with E-state index < -0.39 is 24.7 Å². The van der Waals surface area contributed by atoms with Gasteiger partial charge in [0.25, 0.3) is 0 Å². The number of nitrogens with zero attached hydrogens (tertiary/aromatic N) is 4. The molecule has 0 aliphatic heterocycles. The Morgan fingerprint density at radius 1 is 1.56 bits per heavy atom. The van der Waals surface area contributed by atoms with E-state index in [0.717, 1.165) is 4.90 Å². The van der Waals surface area contributed by atoms with E-state index in [-0.39, 0.29) is 6.04 Å². The van der Waals surface area contributed by atoms with Crippen LogP contribution in [0.4, 0.5) is 13.2 Å². The molecule has 0 aromatic carbocycles. The molecule has 100 valence electrons. The molecule has 1 heterocycles. The summed E-state index contributed by atoms with van der Waals surface area (Å²) < 4.78 is 38.6. The number of halogens is 3. The molecule has 5 nitrogen and oxygen atoms in total. The van der Waals surface area contributed by atoms with E-state index in [1.165, 1.54) is 24.3 Å². The Morgan fingerprint density at radius 3 is 2.67 bits per heavy atom. The lowest BCUT2D eigenvalue weighted by molar-refractivity contribution is -0.164. The first-order valence-electron chi connectivity index (χ1n) is 5.60. The fraction of sp³-hybridized carbons (Fsp3) is 0.700. The lowest BCUT2D eigenvalue weighted by Gasteiger charge is -2.26. The highest BCUT2D eigenvalue weighted by Gasteiger charge is 2.42. The lowest BCUT2D eigenvalue weighted by Crippen LogP contribution is -2.43. The van der Waals surface area contributed by atoms with Gasteiger partial charge in [-0.25, -0.2) is 9.67 Å². The van der Waals surface area contributed by atoms with Gasteiger partial charge < -0.3 is 4.90 Å². The fourth-order valence-electron chi connectivity index (χ4n) is 1.74. The van der Waals surface area contributed by atoms with Crippen molar-refractivity contribution < 1.29 is 18.0 Å². The van der Waals surface area contributed by atoms with E-state index in [0.29, 0.717) is 12.8 Å². The molecule has 0 spiro atoms. The van der Waals surface area contributed by atoms with Crippen molar-refractivity contribution in [2.24, 2.45) is 0 Å². The summed E-state index contributed by atoms with van der Waals surface area (Å²) in [5.74, 6) is -0.569. The molecule has 1 aromatic heterocycles. The number of hydrogen-bond donors (Lipinski definition) is 0. The standard InChI is InChI=1S/C10H13F3N4O/c1-7(17-6-14-5-15-17)9(18)16(8-2-3-8)4-10(11,12)13/h5-8H,2-4H2,1H3/t7-/m0/s1. The van der Waals surface area contributed by atoms with Gasteiger partial charge in [-0.1, -0.05) is 0 Å². The maximum absolute atomic E-state index is 12.4. The highest BCUT2D eigenvalue weighted by atomic mass is 19.4. The summed E-state index contributed by atoms with van der Waals surface area (Å²) in [5.41, 5.74) is 0. The zero-order valence-electron chi connectivity index (χ0n) is 9.76. The number of rotatable bonds is 4. The molecule has 1 aliphatic rings. The summed E-state index contributed by atoms with van der Waals surface area (Å²) in [6, 6.07) is -1.06. The predicted octanol–water partition coefficient (Wildman–Crippen LogP) is 1.39. The van der Waals surface area contributed by atoms with E-state index >= 15 is 0 Å². The zero-order valence-corrected chi connectivity index (χ0v) is 9.76. The monoisotopic (exact) mass is 262 g/mol. The third-order valence-corrected chi connectivity index (χ3v) is 2.81. The summed E-state index contributed by atoms with van der Waals surface area (Å²) in [5, 5.41) is 3.77. The molecule has 18 heavy (non-hydrogen) atoms. The molecule has 1 aliphatic carbocycles. The lowest BCUT2D eigenvalue weighted by atomic mass is 10.2. The summed E-state index contributed by atoms with van der Waals surface area (Å²) in [7, 11) is 0. The Hall–Kier alpha value is -1.60. The first-order chi connectivity index (χ1) is 8.38. The molecule has 1 saturated carbocycles. The van der Waals surface area contributed by atoms with Crippen LogP contribution >= 0.6 is 0 Å². The number of carbonyl (C=O) groups is 1. The first kappa shape index (κ1) is 12.8. The minimum Gasteiger partial charge on any atom is -0.329 e. The van der Waals surface area contributed by atoms with E-state index in [4.69, 9.17) is 0 Å². The van der Waals surface area contributed by atoms with Crippen LogP contribution in [0.25, 0.3) is 0 Å². The Bertz CT molecular complexity index is 413. The molecule has 1 fully saturated rings. The molecule has 1 atom stereocenters. The Labute approximate surface area is 102 Å². The second kappa shape index (κ2) is 4.58. The van der Waals surface area contributed by atoms with Crippen molar-refractivity contribution in [3.05, 3.63) is 12.7 Å². The van der Waals surface area contributed by atoms with Crippen molar-refractivity contribution in [2.75, 3.05) is 6.54 Å².